The maximum atomic E-state index is 9.23. The van der Waals surface area contributed by atoms with Gasteiger partial charge in [-0.2, -0.15) is 0 Å². The van der Waals surface area contributed by atoms with Crippen LogP contribution in [0.25, 0.3) is 0 Å². The summed E-state index contributed by atoms with van der Waals surface area (Å²) in [6.07, 6.45) is 0.524. The Morgan fingerprint density at radius 2 is 1.93 bits per heavy atom. The van der Waals surface area contributed by atoms with Gasteiger partial charge in [0.15, 0.2) is 0 Å². The highest BCUT2D eigenvalue weighted by molar-refractivity contribution is 5.50. The first-order chi connectivity index (χ1) is 6.59. The van der Waals surface area contributed by atoms with Gasteiger partial charge in [-0.15, -0.1) is 0 Å². The fraction of sp³-hybridized carbons (Fsp3) is 0.500. The van der Waals surface area contributed by atoms with Crippen molar-refractivity contribution in [1.29, 1.82) is 0 Å². The van der Waals surface area contributed by atoms with Gasteiger partial charge in [0.05, 0.1) is 6.10 Å². The Balaban J connectivity index is 2.56. The number of anilines is 1. The number of para-hydroxylation sites is 1. The zero-order chi connectivity index (χ0) is 10.6. The van der Waals surface area contributed by atoms with Crippen molar-refractivity contribution in [2.75, 3.05) is 5.32 Å². The first-order valence-electron chi connectivity index (χ1n) is 5.10. The smallest absolute Gasteiger partial charge is 0.0531 e. The first kappa shape index (κ1) is 11.1. The molecule has 0 radical (unpaired) electrons. The Morgan fingerprint density at radius 1 is 1.29 bits per heavy atom. The Hall–Kier alpha value is -1.02. The fourth-order valence-corrected chi connectivity index (χ4v) is 1.57. The molecule has 0 heterocycles. The van der Waals surface area contributed by atoms with E-state index >= 15 is 0 Å². The van der Waals surface area contributed by atoms with E-state index in [-0.39, 0.29) is 6.10 Å². The molecule has 2 atom stereocenters. The predicted molar refractivity (Wildman–Crippen MR) is 60.6 cm³/mol. The quantitative estimate of drug-likeness (QED) is 0.770. The molecule has 0 amide bonds. The normalized spacial score (nSPS) is 14.9. The van der Waals surface area contributed by atoms with E-state index in [0.717, 1.165) is 12.1 Å². The van der Waals surface area contributed by atoms with Crippen LogP contribution in [0.5, 0.6) is 0 Å². The third-order valence-electron chi connectivity index (χ3n) is 2.24. The lowest BCUT2D eigenvalue weighted by molar-refractivity contribution is 0.179. The van der Waals surface area contributed by atoms with Gasteiger partial charge in [0, 0.05) is 11.7 Å². The van der Waals surface area contributed by atoms with Gasteiger partial charge >= 0.3 is 0 Å². The Morgan fingerprint density at radius 3 is 2.50 bits per heavy atom. The number of benzene rings is 1. The third-order valence-corrected chi connectivity index (χ3v) is 2.24. The molecule has 1 aromatic carbocycles. The third kappa shape index (κ3) is 3.38. The van der Waals surface area contributed by atoms with Gasteiger partial charge in [-0.3, -0.25) is 0 Å². The van der Waals surface area contributed by atoms with Crippen LogP contribution in [0.2, 0.25) is 0 Å². The molecule has 0 bridgehead atoms. The van der Waals surface area contributed by atoms with Crippen LogP contribution in [0.1, 0.15) is 25.8 Å². The second-order valence-electron chi connectivity index (χ2n) is 3.95. The topological polar surface area (TPSA) is 32.3 Å². The summed E-state index contributed by atoms with van der Waals surface area (Å²) in [5.74, 6) is 0. The summed E-state index contributed by atoms with van der Waals surface area (Å²) in [5, 5.41) is 12.6. The van der Waals surface area contributed by atoms with Crippen LogP contribution >= 0.6 is 0 Å². The Labute approximate surface area is 86.0 Å². The molecule has 1 rings (SSSR count). The van der Waals surface area contributed by atoms with Gasteiger partial charge < -0.3 is 10.4 Å². The van der Waals surface area contributed by atoms with Crippen LogP contribution in [0.15, 0.2) is 24.3 Å². The highest BCUT2D eigenvalue weighted by Crippen LogP contribution is 2.15. The lowest BCUT2D eigenvalue weighted by atomic mass is 10.1. The van der Waals surface area contributed by atoms with Crippen molar-refractivity contribution in [3.63, 3.8) is 0 Å². The maximum Gasteiger partial charge on any atom is 0.0531 e. The van der Waals surface area contributed by atoms with Gasteiger partial charge in [-0.05, 0) is 38.8 Å². The minimum Gasteiger partial charge on any atom is -0.393 e. The van der Waals surface area contributed by atoms with E-state index in [2.05, 4.69) is 31.3 Å². The van der Waals surface area contributed by atoms with E-state index < -0.39 is 0 Å². The summed E-state index contributed by atoms with van der Waals surface area (Å²) in [6.45, 7) is 5.98. The molecule has 2 N–H and O–H groups in total. The van der Waals surface area contributed by atoms with Crippen molar-refractivity contribution < 1.29 is 5.11 Å². The fourth-order valence-electron chi connectivity index (χ4n) is 1.57. The molecule has 0 fully saturated rings. The van der Waals surface area contributed by atoms with Crippen molar-refractivity contribution in [2.24, 2.45) is 0 Å². The summed E-state index contributed by atoms with van der Waals surface area (Å²) in [4.78, 5) is 0. The summed E-state index contributed by atoms with van der Waals surface area (Å²) >= 11 is 0. The average molecular weight is 193 g/mol. The maximum absolute atomic E-state index is 9.23. The van der Waals surface area contributed by atoms with Crippen molar-refractivity contribution in [1.82, 2.24) is 0 Å². The molecule has 0 aliphatic carbocycles. The van der Waals surface area contributed by atoms with E-state index in [1.54, 1.807) is 0 Å². The van der Waals surface area contributed by atoms with E-state index in [1.807, 2.05) is 19.1 Å². The molecule has 78 valence electrons. The van der Waals surface area contributed by atoms with Crippen LogP contribution in [0.4, 0.5) is 5.69 Å². The number of aryl methyl sites for hydroxylation is 1. The number of aliphatic hydroxyl groups excluding tert-OH is 1. The van der Waals surface area contributed by atoms with Crippen LogP contribution in [-0.2, 0) is 0 Å². The van der Waals surface area contributed by atoms with Crippen molar-refractivity contribution in [2.45, 2.75) is 39.3 Å². The van der Waals surface area contributed by atoms with Crippen molar-refractivity contribution in [3.05, 3.63) is 29.8 Å². The first-order valence-corrected chi connectivity index (χ1v) is 5.10. The van der Waals surface area contributed by atoms with Crippen LogP contribution in [-0.4, -0.2) is 17.3 Å². The van der Waals surface area contributed by atoms with Crippen molar-refractivity contribution in [3.8, 4) is 0 Å². The van der Waals surface area contributed by atoms with Crippen LogP contribution in [0.3, 0.4) is 0 Å². The zero-order valence-electron chi connectivity index (χ0n) is 9.12. The molecule has 2 nitrogen and oxygen atoms in total. The average Bonchev–Trinajstić information content (AvgIpc) is 2.07. The van der Waals surface area contributed by atoms with Gasteiger partial charge in [-0.1, -0.05) is 18.2 Å². The number of aliphatic hydroxyl groups is 1. The number of nitrogens with one attached hydrogen (secondary N) is 1. The van der Waals surface area contributed by atoms with Gasteiger partial charge in [0.2, 0.25) is 0 Å². The molecular weight excluding hydrogens is 174 g/mol. The summed E-state index contributed by atoms with van der Waals surface area (Å²) < 4.78 is 0. The molecule has 2 heteroatoms. The molecule has 0 aliphatic rings. The molecule has 0 saturated heterocycles. The molecule has 0 aliphatic heterocycles. The summed E-state index contributed by atoms with van der Waals surface area (Å²) in [7, 11) is 0. The summed E-state index contributed by atoms with van der Waals surface area (Å²) in [6, 6.07) is 8.49. The Bertz CT molecular complexity index is 283. The molecule has 1 aromatic rings. The molecule has 2 unspecified atom stereocenters. The largest absolute Gasteiger partial charge is 0.393 e. The standard InChI is InChI=1S/C12H19NO/c1-9-6-4-5-7-12(9)13-10(2)8-11(3)14/h4-7,10-11,13-14H,8H2,1-3H3. The summed E-state index contributed by atoms with van der Waals surface area (Å²) in [5.41, 5.74) is 2.39. The molecule has 0 aromatic heterocycles. The molecule has 14 heavy (non-hydrogen) atoms. The minimum absolute atomic E-state index is 0.249. The lowest BCUT2D eigenvalue weighted by Gasteiger charge is -2.18. The number of hydrogen-bond acceptors (Lipinski definition) is 2. The van der Waals surface area contributed by atoms with Gasteiger partial charge in [-0.25, -0.2) is 0 Å². The highest BCUT2D eigenvalue weighted by Gasteiger charge is 2.06. The lowest BCUT2D eigenvalue weighted by Crippen LogP contribution is -2.20. The van der Waals surface area contributed by atoms with E-state index in [4.69, 9.17) is 0 Å². The predicted octanol–water partition coefficient (Wildman–Crippen LogP) is 2.57. The molecule has 0 spiro atoms. The Kier molecular flexibility index (Phi) is 3.96. The van der Waals surface area contributed by atoms with E-state index in [9.17, 15) is 5.11 Å². The highest BCUT2D eigenvalue weighted by atomic mass is 16.3. The second-order valence-corrected chi connectivity index (χ2v) is 3.95. The number of rotatable bonds is 4. The SMILES string of the molecule is Cc1ccccc1NC(C)CC(C)O. The monoisotopic (exact) mass is 193 g/mol. The molecule has 0 saturated carbocycles. The van der Waals surface area contributed by atoms with Crippen LogP contribution in [0, 0.1) is 6.92 Å². The zero-order valence-corrected chi connectivity index (χ0v) is 9.12. The van der Waals surface area contributed by atoms with E-state index in [1.165, 1.54) is 5.56 Å². The van der Waals surface area contributed by atoms with Crippen LogP contribution < -0.4 is 5.32 Å². The minimum atomic E-state index is -0.249. The number of hydrogen-bond donors (Lipinski definition) is 2. The van der Waals surface area contributed by atoms with E-state index in [0.29, 0.717) is 6.04 Å². The molecular formula is C12H19NO. The second kappa shape index (κ2) is 5.01. The van der Waals surface area contributed by atoms with Gasteiger partial charge in [0.25, 0.3) is 0 Å². The van der Waals surface area contributed by atoms with Crippen molar-refractivity contribution >= 4 is 5.69 Å². The van der Waals surface area contributed by atoms with Gasteiger partial charge in [0.1, 0.15) is 0 Å².